The molecule has 0 radical (unpaired) electrons. The third kappa shape index (κ3) is 2.65. The normalized spacial score (nSPS) is 15.2. The van der Waals surface area contributed by atoms with Gasteiger partial charge in [-0.1, -0.05) is 12.1 Å². The molecule has 6 nitrogen and oxygen atoms in total. The first-order valence-electron chi connectivity index (χ1n) is 6.99. The van der Waals surface area contributed by atoms with Crippen molar-refractivity contribution in [1.82, 2.24) is 14.9 Å². The number of aromatic nitrogens is 2. The Balaban J connectivity index is 1.80. The second-order valence-electron chi connectivity index (χ2n) is 5.42. The van der Waals surface area contributed by atoms with Crippen molar-refractivity contribution in [3.05, 3.63) is 39.4 Å². The minimum absolute atomic E-state index is 0.110. The average Bonchev–Trinajstić information content (AvgIpc) is 3.27. The van der Waals surface area contributed by atoms with Crippen molar-refractivity contribution < 1.29 is 4.79 Å². The van der Waals surface area contributed by atoms with Crippen molar-refractivity contribution >= 4 is 29.0 Å². The summed E-state index contributed by atoms with van der Waals surface area (Å²) in [7, 11) is 0. The molecule has 0 bridgehead atoms. The number of nitriles is 1. The van der Waals surface area contributed by atoms with Crippen molar-refractivity contribution in [2.75, 3.05) is 0 Å². The van der Waals surface area contributed by atoms with E-state index in [1.54, 1.807) is 18.2 Å². The van der Waals surface area contributed by atoms with Crippen LogP contribution in [0.4, 0.5) is 0 Å². The maximum Gasteiger partial charge on any atom is 0.262 e. The molecule has 1 saturated carbocycles. The van der Waals surface area contributed by atoms with Crippen molar-refractivity contribution in [3.8, 4) is 6.07 Å². The third-order valence-electron chi connectivity index (χ3n) is 3.79. The highest BCUT2D eigenvalue weighted by atomic mass is 32.1. The van der Waals surface area contributed by atoms with Gasteiger partial charge in [-0.05, 0) is 37.2 Å². The molecule has 1 fully saturated rings. The lowest BCUT2D eigenvalue weighted by Gasteiger charge is -2.10. The summed E-state index contributed by atoms with van der Waals surface area (Å²) in [4.78, 5) is 27.3. The van der Waals surface area contributed by atoms with Gasteiger partial charge in [0, 0.05) is 13.0 Å². The largest absolute Gasteiger partial charge is 0.338 e. The lowest BCUT2D eigenvalue weighted by Crippen LogP contribution is -2.36. The standard InChI is InChI=1S/C15H14N4O2S/c16-9-15(6-7-15)18-12(20)5-8-19-13(21)10-3-1-2-4-11(10)17-14(19)22/h1-4H,5-8H2,(H,17,22)(H,18,20). The van der Waals surface area contributed by atoms with Gasteiger partial charge in [0.25, 0.3) is 5.56 Å². The summed E-state index contributed by atoms with van der Waals surface area (Å²) < 4.78 is 1.67. The molecule has 2 N–H and O–H groups in total. The fourth-order valence-electron chi connectivity index (χ4n) is 2.33. The van der Waals surface area contributed by atoms with E-state index in [4.69, 9.17) is 17.5 Å². The van der Waals surface area contributed by atoms with E-state index < -0.39 is 5.54 Å². The van der Waals surface area contributed by atoms with E-state index >= 15 is 0 Å². The van der Waals surface area contributed by atoms with E-state index in [0.717, 1.165) is 0 Å². The second kappa shape index (κ2) is 5.39. The number of H-pyrrole nitrogens is 1. The fourth-order valence-corrected chi connectivity index (χ4v) is 2.62. The smallest absolute Gasteiger partial charge is 0.262 e. The van der Waals surface area contributed by atoms with Crippen LogP contribution in [0, 0.1) is 16.1 Å². The van der Waals surface area contributed by atoms with Gasteiger partial charge < -0.3 is 10.3 Å². The number of para-hydroxylation sites is 1. The first-order valence-corrected chi connectivity index (χ1v) is 7.40. The number of fused-ring (bicyclic) bond motifs is 1. The fraction of sp³-hybridized carbons (Fsp3) is 0.333. The maximum atomic E-state index is 12.4. The van der Waals surface area contributed by atoms with E-state index in [2.05, 4.69) is 16.4 Å². The molecule has 22 heavy (non-hydrogen) atoms. The zero-order valence-corrected chi connectivity index (χ0v) is 12.6. The Morgan fingerprint density at radius 2 is 2.18 bits per heavy atom. The minimum Gasteiger partial charge on any atom is -0.338 e. The Morgan fingerprint density at radius 1 is 1.45 bits per heavy atom. The van der Waals surface area contributed by atoms with Crippen LogP contribution in [0.5, 0.6) is 0 Å². The van der Waals surface area contributed by atoms with Crippen molar-refractivity contribution in [2.24, 2.45) is 0 Å². The summed E-state index contributed by atoms with van der Waals surface area (Å²) in [5.41, 5.74) is -0.220. The molecular weight excluding hydrogens is 300 g/mol. The number of aromatic amines is 1. The molecular formula is C15H14N4O2S. The van der Waals surface area contributed by atoms with Gasteiger partial charge in [0.1, 0.15) is 5.54 Å². The summed E-state index contributed by atoms with van der Waals surface area (Å²) in [5, 5.41) is 12.2. The molecule has 0 atom stereocenters. The highest BCUT2D eigenvalue weighted by Gasteiger charge is 2.44. The molecule has 0 saturated heterocycles. The maximum absolute atomic E-state index is 12.4. The topological polar surface area (TPSA) is 90.7 Å². The lowest BCUT2D eigenvalue weighted by atomic mass is 10.2. The Kier molecular flexibility index (Phi) is 3.54. The van der Waals surface area contributed by atoms with Crippen molar-refractivity contribution in [2.45, 2.75) is 31.3 Å². The van der Waals surface area contributed by atoms with E-state index in [1.165, 1.54) is 4.57 Å². The van der Waals surface area contributed by atoms with Gasteiger partial charge in [-0.25, -0.2) is 0 Å². The predicted molar refractivity (Wildman–Crippen MR) is 83.7 cm³/mol. The summed E-state index contributed by atoms with van der Waals surface area (Å²) in [6.45, 7) is 0.187. The minimum atomic E-state index is -0.686. The number of hydrogen-bond acceptors (Lipinski definition) is 4. The molecule has 1 aromatic heterocycles. The SMILES string of the molecule is N#CC1(NC(=O)CCn2c(=S)[nH]c3ccccc3c2=O)CC1. The van der Waals surface area contributed by atoms with Gasteiger partial charge in [-0.2, -0.15) is 5.26 Å². The molecule has 1 heterocycles. The first kappa shape index (κ1) is 14.5. The van der Waals surface area contributed by atoms with Crippen LogP contribution in [-0.4, -0.2) is 21.0 Å². The van der Waals surface area contributed by atoms with Gasteiger partial charge in [-0.15, -0.1) is 0 Å². The number of amides is 1. The van der Waals surface area contributed by atoms with Crippen LogP contribution >= 0.6 is 12.2 Å². The summed E-state index contributed by atoms with van der Waals surface area (Å²) in [6, 6.07) is 9.20. The van der Waals surface area contributed by atoms with Crippen LogP contribution in [0.2, 0.25) is 0 Å². The van der Waals surface area contributed by atoms with E-state index in [9.17, 15) is 9.59 Å². The van der Waals surface area contributed by atoms with Crippen LogP contribution in [0.15, 0.2) is 29.1 Å². The van der Waals surface area contributed by atoms with Crippen LogP contribution in [0.25, 0.3) is 10.9 Å². The van der Waals surface area contributed by atoms with Crippen LogP contribution in [0.3, 0.4) is 0 Å². The van der Waals surface area contributed by atoms with E-state index in [0.29, 0.717) is 23.7 Å². The molecule has 1 aromatic carbocycles. The number of nitrogens with one attached hydrogen (secondary N) is 2. The van der Waals surface area contributed by atoms with Crippen LogP contribution < -0.4 is 10.9 Å². The quantitative estimate of drug-likeness (QED) is 0.839. The van der Waals surface area contributed by atoms with Gasteiger partial charge in [0.2, 0.25) is 5.91 Å². The summed E-state index contributed by atoms with van der Waals surface area (Å²) in [6.07, 6.45) is 1.48. The van der Waals surface area contributed by atoms with Crippen molar-refractivity contribution in [3.63, 3.8) is 0 Å². The second-order valence-corrected chi connectivity index (χ2v) is 5.81. The number of hydrogen-bond donors (Lipinski definition) is 2. The number of carbonyl (C=O) groups is 1. The average molecular weight is 314 g/mol. The summed E-state index contributed by atoms with van der Waals surface area (Å²) >= 11 is 5.19. The van der Waals surface area contributed by atoms with Crippen molar-refractivity contribution in [1.29, 1.82) is 5.26 Å². The molecule has 0 spiro atoms. The highest BCUT2D eigenvalue weighted by Crippen LogP contribution is 2.34. The third-order valence-corrected chi connectivity index (χ3v) is 4.12. The number of rotatable bonds is 4. The van der Waals surface area contributed by atoms with Gasteiger partial charge >= 0.3 is 0 Å². The number of nitrogens with zero attached hydrogens (tertiary/aromatic N) is 2. The Morgan fingerprint density at radius 3 is 2.86 bits per heavy atom. The zero-order valence-electron chi connectivity index (χ0n) is 11.8. The number of carbonyl (C=O) groups excluding carboxylic acids is 1. The molecule has 7 heteroatoms. The van der Waals surface area contributed by atoms with Gasteiger partial charge in [0.05, 0.1) is 17.0 Å². The van der Waals surface area contributed by atoms with E-state index in [-0.39, 0.29) is 29.2 Å². The van der Waals surface area contributed by atoms with Crippen LogP contribution in [0.1, 0.15) is 19.3 Å². The van der Waals surface area contributed by atoms with Crippen LogP contribution in [-0.2, 0) is 11.3 Å². The summed E-state index contributed by atoms with van der Waals surface area (Å²) in [5.74, 6) is -0.242. The molecule has 1 aliphatic carbocycles. The van der Waals surface area contributed by atoms with Gasteiger partial charge in [0.15, 0.2) is 4.77 Å². The Labute approximate surface area is 131 Å². The molecule has 2 aromatic rings. The predicted octanol–water partition coefficient (Wildman–Crippen LogP) is 1.62. The molecule has 0 aliphatic heterocycles. The van der Waals surface area contributed by atoms with Gasteiger partial charge in [-0.3, -0.25) is 14.2 Å². The number of benzene rings is 1. The lowest BCUT2D eigenvalue weighted by molar-refractivity contribution is -0.121. The Hall–Kier alpha value is -2.46. The Bertz CT molecular complexity index is 902. The monoisotopic (exact) mass is 314 g/mol. The molecule has 1 amide bonds. The molecule has 112 valence electrons. The van der Waals surface area contributed by atoms with E-state index in [1.807, 2.05) is 6.07 Å². The molecule has 0 unspecified atom stereocenters. The first-order chi connectivity index (χ1) is 10.5. The molecule has 3 rings (SSSR count). The zero-order chi connectivity index (χ0) is 15.7. The molecule has 1 aliphatic rings. The highest BCUT2D eigenvalue weighted by molar-refractivity contribution is 7.71.